The molecule has 0 spiro atoms. The first kappa shape index (κ1) is 11.4. The molecule has 5 heteroatoms. The van der Waals surface area contributed by atoms with E-state index < -0.39 is 0 Å². The second-order valence-electron chi connectivity index (χ2n) is 3.94. The molecule has 0 amide bonds. The van der Waals surface area contributed by atoms with Gasteiger partial charge in [-0.1, -0.05) is 11.8 Å². The van der Waals surface area contributed by atoms with Crippen molar-refractivity contribution < 1.29 is 9.53 Å². The number of aryl methyl sites for hydroxylation is 1. The van der Waals surface area contributed by atoms with Gasteiger partial charge in [0.1, 0.15) is 5.25 Å². The third kappa shape index (κ3) is 2.72. The highest BCUT2D eigenvalue weighted by Gasteiger charge is 2.38. The number of hydrogen-bond acceptors (Lipinski definition) is 5. The maximum absolute atomic E-state index is 11.6. The van der Waals surface area contributed by atoms with Crippen LogP contribution in [0.15, 0.2) is 17.6 Å². The minimum Gasteiger partial charge on any atom is -0.468 e. The van der Waals surface area contributed by atoms with E-state index in [9.17, 15) is 4.79 Å². The third-order valence-corrected chi connectivity index (χ3v) is 3.73. The lowest BCUT2D eigenvalue weighted by Gasteiger charge is -2.11. The van der Waals surface area contributed by atoms with E-state index in [1.165, 1.54) is 18.9 Å². The predicted molar refractivity (Wildman–Crippen MR) is 61.2 cm³/mol. The first-order chi connectivity index (χ1) is 7.70. The van der Waals surface area contributed by atoms with Gasteiger partial charge in [-0.05, 0) is 31.2 Å². The lowest BCUT2D eigenvalue weighted by molar-refractivity contribution is -0.140. The van der Waals surface area contributed by atoms with E-state index in [0.29, 0.717) is 11.1 Å². The lowest BCUT2D eigenvalue weighted by atomic mass is 10.3. The maximum atomic E-state index is 11.6. The van der Waals surface area contributed by atoms with Gasteiger partial charge in [-0.2, -0.15) is 0 Å². The number of thioether (sulfide) groups is 1. The van der Waals surface area contributed by atoms with Crippen LogP contribution >= 0.6 is 11.8 Å². The number of hydrogen-bond donors (Lipinski definition) is 0. The van der Waals surface area contributed by atoms with E-state index in [2.05, 4.69) is 9.97 Å². The zero-order valence-electron chi connectivity index (χ0n) is 9.34. The van der Waals surface area contributed by atoms with Crippen molar-refractivity contribution in [2.45, 2.75) is 30.2 Å². The molecule has 1 saturated carbocycles. The fourth-order valence-electron chi connectivity index (χ4n) is 1.41. The van der Waals surface area contributed by atoms with Crippen LogP contribution in [-0.2, 0) is 9.53 Å². The van der Waals surface area contributed by atoms with Gasteiger partial charge in [-0.25, -0.2) is 9.97 Å². The summed E-state index contributed by atoms with van der Waals surface area (Å²) in [6.07, 6.45) is 5.71. The molecule has 0 aromatic carbocycles. The molecular formula is C11H14N2O2S. The molecule has 2 rings (SSSR count). The molecule has 0 bridgehead atoms. The standard InChI is InChI=1S/C11H14N2O2S/c1-7-5-12-11(13-6-7)16-9(8-3-4-8)10(14)15-2/h5-6,8-9H,3-4H2,1-2H3. The van der Waals surface area contributed by atoms with Crippen molar-refractivity contribution in [2.75, 3.05) is 7.11 Å². The van der Waals surface area contributed by atoms with Gasteiger partial charge in [-0.3, -0.25) is 4.79 Å². The van der Waals surface area contributed by atoms with Crippen molar-refractivity contribution >= 4 is 17.7 Å². The average Bonchev–Trinajstić information content (AvgIpc) is 3.11. The molecular weight excluding hydrogens is 224 g/mol. The molecule has 1 heterocycles. The monoisotopic (exact) mass is 238 g/mol. The van der Waals surface area contributed by atoms with Crippen LogP contribution in [0.2, 0.25) is 0 Å². The summed E-state index contributed by atoms with van der Waals surface area (Å²) in [5.74, 6) is 0.263. The molecule has 86 valence electrons. The molecule has 0 aliphatic heterocycles. The molecule has 0 saturated heterocycles. The highest BCUT2D eigenvalue weighted by atomic mass is 32.2. The molecule has 1 fully saturated rings. The Kier molecular flexibility index (Phi) is 3.43. The van der Waals surface area contributed by atoms with Gasteiger partial charge < -0.3 is 4.74 Å². The van der Waals surface area contributed by atoms with Gasteiger partial charge in [0.15, 0.2) is 5.16 Å². The highest BCUT2D eigenvalue weighted by Crippen LogP contribution is 2.41. The minimum atomic E-state index is -0.170. The van der Waals surface area contributed by atoms with Crippen LogP contribution in [0.5, 0.6) is 0 Å². The van der Waals surface area contributed by atoms with Gasteiger partial charge in [0.25, 0.3) is 0 Å². The maximum Gasteiger partial charge on any atom is 0.319 e. The Labute approximate surface area is 98.8 Å². The first-order valence-corrected chi connectivity index (χ1v) is 6.12. The summed E-state index contributed by atoms with van der Waals surface area (Å²) in [5, 5.41) is 0.501. The summed E-state index contributed by atoms with van der Waals surface area (Å²) >= 11 is 1.40. The fraction of sp³-hybridized carbons (Fsp3) is 0.545. The SMILES string of the molecule is COC(=O)C(Sc1ncc(C)cn1)C1CC1. The number of carbonyl (C=O) groups excluding carboxylic acids is 1. The Balaban J connectivity index is 2.05. The first-order valence-electron chi connectivity index (χ1n) is 5.24. The Morgan fingerprint density at radius 2 is 2.12 bits per heavy atom. The molecule has 1 unspecified atom stereocenters. The van der Waals surface area contributed by atoms with Crippen LogP contribution in [0.3, 0.4) is 0 Å². The van der Waals surface area contributed by atoms with Crippen molar-refractivity contribution in [3.63, 3.8) is 0 Å². The molecule has 1 aromatic heterocycles. The summed E-state index contributed by atoms with van der Waals surface area (Å²) in [4.78, 5) is 19.9. The Morgan fingerprint density at radius 3 is 2.62 bits per heavy atom. The number of esters is 1. The summed E-state index contributed by atoms with van der Waals surface area (Å²) in [6, 6.07) is 0. The zero-order valence-corrected chi connectivity index (χ0v) is 10.2. The van der Waals surface area contributed by atoms with Crippen LogP contribution < -0.4 is 0 Å². The number of nitrogens with zero attached hydrogens (tertiary/aromatic N) is 2. The van der Waals surface area contributed by atoms with Crippen molar-refractivity contribution in [2.24, 2.45) is 5.92 Å². The van der Waals surface area contributed by atoms with Gasteiger partial charge in [0, 0.05) is 12.4 Å². The Hall–Kier alpha value is -1.10. The van der Waals surface area contributed by atoms with E-state index >= 15 is 0 Å². The summed E-state index contributed by atoms with van der Waals surface area (Å²) in [5.41, 5.74) is 1.02. The molecule has 1 aliphatic rings. The Morgan fingerprint density at radius 1 is 1.50 bits per heavy atom. The molecule has 4 nitrogen and oxygen atoms in total. The van der Waals surface area contributed by atoms with Crippen LogP contribution in [-0.4, -0.2) is 28.3 Å². The van der Waals surface area contributed by atoms with E-state index in [1.54, 1.807) is 12.4 Å². The number of rotatable bonds is 4. The summed E-state index contributed by atoms with van der Waals surface area (Å²) < 4.78 is 4.79. The zero-order chi connectivity index (χ0) is 11.5. The minimum absolute atomic E-state index is 0.146. The molecule has 1 aliphatic carbocycles. The van der Waals surface area contributed by atoms with Crippen LogP contribution in [0, 0.1) is 12.8 Å². The van der Waals surface area contributed by atoms with Crippen molar-refractivity contribution in [1.82, 2.24) is 9.97 Å². The number of aromatic nitrogens is 2. The largest absolute Gasteiger partial charge is 0.468 e. The van der Waals surface area contributed by atoms with Crippen molar-refractivity contribution in [1.29, 1.82) is 0 Å². The quantitative estimate of drug-likeness (QED) is 0.455. The lowest BCUT2D eigenvalue weighted by Crippen LogP contribution is -2.21. The molecule has 0 radical (unpaired) electrons. The normalized spacial score (nSPS) is 16.9. The molecule has 0 N–H and O–H groups in total. The topological polar surface area (TPSA) is 52.1 Å². The highest BCUT2D eigenvalue weighted by molar-refractivity contribution is 8.00. The van der Waals surface area contributed by atoms with E-state index in [4.69, 9.17) is 4.74 Å². The van der Waals surface area contributed by atoms with Crippen molar-refractivity contribution in [3.8, 4) is 0 Å². The van der Waals surface area contributed by atoms with Crippen LogP contribution in [0.25, 0.3) is 0 Å². The second-order valence-corrected chi connectivity index (χ2v) is 5.05. The number of methoxy groups -OCH3 is 1. The van der Waals surface area contributed by atoms with E-state index in [-0.39, 0.29) is 11.2 Å². The molecule has 16 heavy (non-hydrogen) atoms. The fourth-order valence-corrected chi connectivity index (χ4v) is 2.52. The number of carbonyl (C=O) groups is 1. The molecule has 1 aromatic rings. The predicted octanol–water partition coefficient (Wildman–Crippen LogP) is 1.83. The van der Waals surface area contributed by atoms with Gasteiger partial charge in [0.2, 0.25) is 0 Å². The second kappa shape index (κ2) is 4.82. The van der Waals surface area contributed by atoms with E-state index in [1.807, 2.05) is 6.92 Å². The van der Waals surface area contributed by atoms with Gasteiger partial charge >= 0.3 is 5.97 Å². The summed E-state index contributed by atoms with van der Waals surface area (Å²) in [7, 11) is 1.42. The van der Waals surface area contributed by atoms with Gasteiger partial charge in [0.05, 0.1) is 7.11 Å². The smallest absolute Gasteiger partial charge is 0.319 e. The van der Waals surface area contributed by atoms with Crippen LogP contribution in [0.4, 0.5) is 0 Å². The summed E-state index contributed by atoms with van der Waals surface area (Å²) in [6.45, 7) is 1.94. The van der Waals surface area contributed by atoms with E-state index in [0.717, 1.165) is 18.4 Å². The van der Waals surface area contributed by atoms with Crippen LogP contribution in [0.1, 0.15) is 18.4 Å². The average molecular weight is 238 g/mol. The third-order valence-electron chi connectivity index (χ3n) is 2.47. The Bertz CT molecular complexity index is 376. The number of ether oxygens (including phenoxy) is 1. The van der Waals surface area contributed by atoms with Crippen molar-refractivity contribution in [3.05, 3.63) is 18.0 Å². The molecule has 1 atom stereocenters. The van der Waals surface area contributed by atoms with Gasteiger partial charge in [-0.15, -0.1) is 0 Å².